The SMILES string of the molecule is Cc1cc(N(C)c2cccc(F)c2)ccc1C(=O)O. The molecule has 0 saturated carbocycles. The first-order valence-electron chi connectivity index (χ1n) is 5.82. The molecule has 0 atom stereocenters. The van der Waals surface area contributed by atoms with Gasteiger partial charge in [0.25, 0.3) is 0 Å². The van der Waals surface area contributed by atoms with Gasteiger partial charge in [-0.25, -0.2) is 9.18 Å². The highest BCUT2D eigenvalue weighted by atomic mass is 19.1. The third-order valence-electron chi connectivity index (χ3n) is 3.02. The zero-order chi connectivity index (χ0) is 14.0. The highest BCUT2D eigenvalue weighted by molar-refractivity contribution is 5.90. The molecule has 0 radical (unpaired) electrons. The molecule has 0 saturated heterocycles. The standard InChI is InChI=1S/C15H14FNO2/c1-10-8-13(6-7-14(10)15(18)19)17(2)12-5-3-4-11(16)9-12/h3-9H,1-2H3,(H,18,19). The van der Waals surface area contributed by atoms with Gasteiger partial charge in [0.1, 0.15) is 5.82 Å². The summed E-state index contributed by atoms with van der Waals surface area (Å²) in [5, 5.41) is 8.99. The second-order valence-corrected chi connectivity index (χ2v) is 4.34. The minimum atomic E-state index is -0.947. The molecule has 2 aromatic rings. The predicted molar refractivity (Wildman–Crippen MR) is 72.6 cm³/mol. The van der Waals surface area contributed by atoms with Crippen molar-refractivity contribution in [1.82, 2.24) is 0 Å². The Morgan fingerprint density at radius 2 is 1.84 bits per heavy atom. The monoisotopic (exact) mass is 259 g/mol. The van der Waals surface area contributed by atoms with Crippen LogP contribution in [-0.4, -0.2) is 18.1 Å². The average Bonchev–Trinajstić information content (AvgIpc) is 2.37. The molecule has 0 heterocycles. The Labute approximate surface area is 110 Å². The quantitative estimate of drug-likeness (QED) is 0.915. The lowest BCUT2D eigenvalue weighted by atomic mass is 10.1. The van der Waals surface area contributed by atoms with E-state index in [4.69, 9.17) is 5.11 Å². The minimum Gasteiger partial charge on any atom is -0.478 e. The predicted octanol–water partition coefficient (Wildman–Crippen LogP) is 3.60. The van der Waals surface area contributed by atoms with Crippen molar-refractivity contribution in [2.24, 2.45) is 0 Å². The number of carbonyl (C=O) groups is 1. The summed E-state index contributed by atoms with van der Waals surface area (Å²) in [5.74, 6) is -1.25. The number of anilines is 2. The van der Waals surface area contributed by atoms with E-state index in [1.165, 1.54) is 12.1 Å². The summed E-state index contributed by atoms with van der Waals surface area (Å²) in [5.41, 5.74) is 2.47. The molecule has 0 bridgehead atoms. The number of rotatable bonds is 3. The smallest absolute Gasteiger partial charge is 0.335 e. The van der Waals surface area contributed by atoms with Gasteiger partial charge in [0.2, 0.25) is 0 Å². The summed E-state index contributed by atoms with van der Waals surface area (Å²) >= 11 is 0. The van der Waals surface area contributed by atoms with E-state index in [1.807, 2.05) is 11.9 Å². The molecule has 0 amide bonds. The van der Waals surface area contributed by atoms with Crippen molar-refractivity contribution in [3.05, 3.63) is 59.4 Å². The molecule has 0 aliphatic carbocycles. The fourth-order valence-electron chi connectivity index (χ4n) is 1.93. The van der Waals surface area contributed by atoms with Gasteiger partial charge in [0.05, 0.1) is 5.56 Å². The zero-order valence-electron chi connectivity index (χ0n) is 10.7. The Kier molecular flexibility index (Phi) is 3.51. The van der Waals surface area contributed by atoms with Crippen LogP contribution < -0.4 is 4.90 Å². The van der Waals surface area contributed by atoms with Crippen LogP contribution in [0.5, 0.6) is 0 Å². The van der Waals surface area contributed by atoms with Crippen molar-refractivity contribution >= 4 is 17.3 Å². The Hall–Kier alpha value is -2.36. The van der Waals surface area contributed by atoms with Gasteiger partial charge >= 0.3 is 5.97 Å². The van der Waals surface area contributed by atoms with Crippen LogP contribution in [-0.2, 0) is 0 Å². The maximum atomic E-state index is 13.2. The van der Waals surface area contributed by atoms with Crippen LogP contribution >= 0.6 is 0 Å². The largest absolute Gasteiger partial charge is 0.478 e. The summed E-state index contributed by atoms with van der Waals surface area (Å²) in [6, 6.07) is 11.3. The summed E-state index contributed by atoms with van der Waals surface area (Å²) < 4.78 is 13.2. The first-order chi connectivity index (χ1) is 8.99. The van der Waals surface area contributed by atoms with Crippen LogP contribution in [0, 0.1) is 12.7 Å². The summed E-state index contributed by atoms with van der Waals surface area (Å²) in [6.07, 6.45) is 0. The molecule has 0 aliphatic heterocycles. The number of carboxylic acids is 1. The Morgan fingerprint density at radius 3 is 2.42 bits per heavy atom. The van der Waals surface area contributed by atoms with E-state index in [0.29, 0.717) is 11.3 Å². The molecule has 2 rings (SSSR count). The molecule has 0 spiro atoms. The molecule has 3 nitrogen and oxygen atoms in total. The van der Waals surface area contributed by atoms with Gasteiger partial charge in [-0.1, -0.05) is 6.07 Å². The van der Waals surface area contributed by atoms with Gasteiger partial charge in [-0.05, 0) is 48.9 Å². The van der Waals surface area contributed by atoms with E-state index in [-0.39, 0.29) is 11.4 Å². The van der Waals surface area contributed by atoms with Crippen molar-refractivity contribution in [3.8, 4) is 0 Å². The number of aryl methyl sites for hydroxylation is 1. The molecule has 98 valence electrons. The first kappa shape index (κ1) is 13.1. The van der Waals surface area contributed by atoms with Gasteiger partial charge in [0.15, 0.2) is 0 Å². The van der Waals surface area contributed by atoms with Crippen molar-refractivity contribution in [1.29, 1.82) is 0 Å². The van der Waals surface area contributed by atoms with E-state index in [0.717, 1.165) is 5.69 Å². The van der Waals surface area contributed by atoms with Gasteiger partial charge in [-0.15, -0.1) is 0 Å². The van der Waals surface area contributed by atoms with Crippen LogP contribution in [0.2, 0.25) is 0 Å². The lowest BCUT2D eigenvalue weighted by Crippen LogP contribution is -2.10. The number of benzene rings is 2. The number of hydrogen-bond acceptors (Lipinski definition) is 2. The van der Waals surface area contributed by atoms with Crippen LogP contribution in [0.25, 0.3) is 0 Å². The fourth-order valence-corrected chi connectivity index (χ4v) is 1.93. The molecule has 0 aliphatic rings. The maximum Gasteiger partial charge on any atom is 0.335 e. The molecule has 2 aromatic carbocycles. The molecule has 19 heavy (non-hydrogen) atoms. The first-order valence-corrected chi connectivity index (χ1v) is 5.82. The Bertz CT molecular complexity index is 625. The lowest BCUT2D eigenvalue weighted by molar-refractivity contribution is 0.0696. The molecule has 4 heteroatoms. The second-order valence-electron chi connectivity index (χ2n) is 4.34. The summed E-state index contributed by atoms with van der Waals surface area (Å²) in [6.45, 7) is 1.74. The third kappa shape index (κ3) is 2.73. The number of halogens is 1. The molecular formula is C15H14FNO2. The van der Waals surface area contributed by atoms with Gasteiger partial charge < -0.3 is 10.0 Å². The topological polar surface area (TPSA) is 40.5 Å². The average molecular weight is 259 g/mol. The van der Waals surface area contributed by atoms with Crippen LogP contribution in [0.4, 0.5) is 15.8 Å². The lowest BCUT2D eigenvalue weighted by Gasteiger charge is -2.20. The molecule has 0 aromatic heterocycles. The van der Waals surface area contributed by atoms with E-state index in [2.05, 4.69) is 0 Å². The summed E-state index contributed by atoms with van der Waals surface area (Å²) in [7, 11) is 1.81. The Morgan fingerprint density at radius 1 is 1.16 bits per heavy atom. The molecule has 1 N–H and O–H groups in total. The summed E-state index contributed by atoms with van der Waals surface area (Å²) in [4.78, 5) is 12.8. The number of aromatic carboxylic acids is 1. The van der Waals surface area contributed by atoms with Crippen LogP contribution in [0.1, 0.15) is 15.9 Å². The van der Waals surface area contributed by atoms with Crippen molar-refractivity contribution < 1.29 is 14.3 Å². The second kappa shape index (κ2) is 5.10. The van der Waals surface area contributed by atoms with Crippen molar-refractivity contribution in [2.45, 2.75) is 6.92 Å². The van der Waals surface area contributed by atoms with E-state index in [9.17, 15) is 9.18 Å². The number of nitrogens with zero attached hydrogens (tertiary/aromatic N) is 1. The Balaban J connectivity index is 2.37. The molecule has 0 fully saturated rings. The minimum absolute atomic E-state index is 0.274. The van der Waals surface area contributed by atoms with E-state index >= 15 is 0 Å². The molecule has 0 unspecified atom stereocenters. The highest BCUT2D eigenvalue weighted by Crippen LogP contribution is 2.26. The van der Waals surface area contributed by atoms with Crippen LogP contribution in [0.15, 0.2) is 42.5 Å². The normalized spacial score (nSPS) is 10.3. The van der Waals surface area contributed by atoms with Crippen LogP contribution in [0.3, 0.4) is 0 Å². The zero-order valence-corrected chi connectivity index (χ0v) is 10.7. The highest BCUT2D eigenvalue weighted by Gasteiger charge is 2.10. The maximum absolute atomic E-state index is 13.2. The van der Waals surface area contributed by atoms with E-state index in [1.54, 1.807) is 37.3 Å². The van der Waals surface area contributed by atoms with Crippen molar-refractivity contribution in [2.75, 3.05) is 11.9 Å². The third-order valence-corrected chi connectivity index (χ3v) is 3.02. The molecular weight excluding hydrogens is 245 g/mol. The van der Waals surface area contributed by atoms with Crippen molar-refractivity contribution in [3.63, 3.8) is 0 Å². The number of hydrogen-bond donors (Lipinski definition) is 1. The van der Waals surface area contributed by atoms with Gasteiger partial charge in [-0.3, -0.25) is 0 Å². The fraction of sp³-hybridized carbons (Fsp3) is 0.133. The van der Waals surface area contributed by atoms with Gasteiger partial charge in [0, 0.05) is 18.4 Å². The van der Waals surface area contributed by atoms with Gasteiger partial charge in [-0.2, -0.15) is 0 Å². The number of carboxylic acid groups (broad SMARTS) is 1. The van der Waals surface area contributed by atoms with E-state index < -0.39 is 5.97 Å².